The minimum Gasteiger partial charge on any atom is -0.454 e. The third kappa shape index (κ3) is 4.49. The highest BCUT2D eigenvalue weighted by Gasteiger charge is 2.08. The van der Waals surface area contributed by atoms with Crippen LogP contribution in [0.1, 0.15) is 5.56 Å². The summed E-state index contributed by atoms with van der Waals surface area (Å²) in [4.78, 5) is 12.2. The van der Waals surface area contributed by atoms with Crippen molar-refractivity contribution in [1.29, 1.82) is 0 Å². The maximum atomic E-state index is 12.2. The minimum atomic E-state index is -0.265. The number of aromatic nitrogens is 2. The summed E-state index contributed by atoms with van der Waals surface area (Å²) in [5.41, 5.74) is 1.40. The molecule has 1 N–H and O–H groups in total. The Morgan fingerprint density at radius 1 is 1.16 bits per heavy atom. The van der Waals surface area contributed by atoms with Gasteiger partial charge in [-0.25, -0.2) is 0 Å². The van der Waals surface area contributed by atoms with Crippen LogP contribution in [0.4, 0.5) is 5.69 Å². The van der Waals surface area contributed by atoms with Gasteiger partial charge in [0.2, 0.25) is 5.91 Å². The van der Waals surface area contributed by atoms with Crippen LogP contribution in [0.5, 0.6) is 11.5 Å². The van der Waals surface area contributed by atoms with E-state index in [4.69, 9.17) is 16.3 Å². The van der Waals surface area contributed by atoms with Crippen LogP contribution in [0.2, 0.25) is 5.02 Å². The molecule has 3 aromatic rings. The number of nitrogens with zero attached hydrogens (tertiary/aromatic N) is 2. The molecule has 0 fully saturated rings. The van der Waals surface area contributed by atoms with Crippen molar-refractivity contribution in [2.75, 3.05) is 5.32 Å². The second kappa shape index (κ2) is 7.68. The summed E-state index contributed by atoms with van der Waals surface area (Å²) in [6.45, 7) is 0. The monoisotopic (exact) mass is 353 g/mol. The lowest BCUT2D eigenvalue weighted by Gasteiger charge is -2.12. The summed E-state index contributed by atoms with van der Waals surface area (Å²) in [5.74, 6) is 0.773. The van der Waals surface area contributed by atoms with Gasteiger partial charge in [-0.05, 0) is 30.3 Å². The largest absolute Gasteiger partial charge is 0.454 e. The van der Waals surface area contributed by atoms with Crippen LogP contribution in [0.15, 0.2) is 67.0 Å². The summed E-state index contributed by atoms with van der Waals surface area (Å²) in [7, 11) is 1.82. The Hall–Kier alpha value is -3.05. The lowest BCUT2D eigenvalue weighted by molar-refractivity contribution is -0.111. The number of carbonyl (C=O) groups excluding carboxylic acids is 1. The third-order valence-electron chi connectivity index (χ3n) is 3.35. The number of para-hydroxylation sites is 3. The highest BCUT2D eigenvalue weighted by Crippen LogP contribution is 2.33. The number of ether oxygens (including phenoxy) is 1. The van der Waals surface area contributed by atoms with Gasteiger partial charge in [0.25, 0.3) is 0 Å². The summed E-state index contributed by atoms with van der Waals surface area (Å²) in [5, 5.41) is 7.36. The zero-order valence-electron chi connectivity index (χ0n) is 13.5. The van der Waals surface area contributed by atoms with E-state index in [1.54, 1.807) is 41.2 Å². The Balaban J connectivity index is 1.73. The molecular weight excluding hydrogens is 338 g/mol. The van der Waals surface area contributed by atoms with E-state index in [1.165, 1.54) is 6.08 Å². The van der Waals surface area contributed by atoms with Gasteiger partial charge in [-0.15, -0.1) is 0 Å². The second-order valence-electron chi connectivity index (χ2n) is 5.30. The highest BCUT2D eigenvalue weighted by molar-refractivity contribution is 6.32. The molecule has 0 radical (unpaired) electrons. The summed E-state index contributed by atoms with van der Waals surface area (Å²) in [6.07, 6.45) is 6.64. The van der Waals surface area contributed by atoms with Crippen LogP contribution >= 0.6 is 11.6 Å². The topological polar surface area (TPSA) is 56.2 Å². The fourth-order valence-electron chi connectivity index (χ4n) is 2.18. The van der Waals surface area contributed by atoms with Crippen molar-refractivity contribution in [1.82, 2.24) is 9.78 Å². The summed E-state index contributed by atoms with van der Waals surface area (Å²) < 4.78 is 7.49. The molecule has 1 amide bonds. The number of rotatable bonds is 5. The van der Waals surface area contributed by atoms with Crippen LogP contribution < -0.4 is 10.1 Å². The predicted molar refractivity (Wildman–Crippen MR) is 98.8 cm³/mol. The molecule has 0 aliphatic carbocycles. The maximum Gasteiger partial charge on any atom is 0.248 e. The van der Waals surface area contributed by atoms with Crippen molar-refractivity contribution < 1.29 is 9.53 Å². The average molecular weight is 354 g/mol. The van der Waals surface area contributed by atoms with Crippen molar-refractivity contribution in [3.05, 3.63) is 77.6 Å². The zero-order chi connectivity index (χ0) is 17.6. The van der Waals surface area contributed by atoms with Gasteiger partial charge in [0, 0.05) is 24.9 Å². The van der Waals surface area contributed by atoms with E-state index in [1.807, 2.05) is 37.5 Å². The van der Waals surface area contributed by atoms with Crippen molar-refractivity contribution in [3.63, 3.8) is 0 Å². The van der Waals surface area contributed by atoms with Gasteiger partial charge < -0.3 is 10.1 Å². The van der Waals surface area contributed by atoms with Crippen LogP contribution in [-0.4, -0.2) is 15.7 Å². The number of halogens is 1. The van der Waals surface area contributed by atoms with E-state index < -0.39 is 0 Å². The number of hydrogen-bond acceptors (Lipinski definition) is 3. The summed E-state index contributed by atoms with van der Waals surface area (Å²) >= 11 is 6.12. The highest BCUT2D eigenvalue weighted by atomic mass is 35.5. The number of anilines is 1. The van der Waals surface area contributed by atoms with E-state index in [0.29, 0.717) is 22.2 Å². The maximum absolute atomic E-state index is 12.2. The first-order valence-corrected chi connectivity index (χ1v) is 7.99. The van der Waals surface area contributed by atoms with E-state index in [2.05, 4.69) is 10.4 Å². The average Bonchev–Trinajstić information content (AvgIpc) is 3.02. The first-order valence-electron chi connectivity index (χ1n) is 7.61. The molecule has 1 aromatic heterocycles. The third-order valence-corrected chi connectivity index (χ3v) is 3.67. The number of carbonyl (C=O) groups is 1. The van der Waals surface area contributed by atoms with E-state index in [-0.39, 0.29) is 5.91 Å². The Labute approximate surface area is 150 Å². The molecule has 0 unspecified atom stereocenters. The van der Waals surface area contributed by atoms with Crippen molar-refractivity contribution in [2.45, 2.75) is 0 Å². The molecule has 0 spiro atoms. The van der Waals surface area contributed by atoms with Crippen LogP contribution in [0.25, 0.3) is 6.08 Å². The fourth-order valence-corrected chi connectivity index (χ4v) is 2.35. The molecule has 2 aromatic carbocycles. The number of nitrogens with one attached hydrogen (secondary N) is 1. The first kappa shape index (κ1) is 16.8. The van der Waals surface area contributed by atoms with E-state index >= 15 is 0 Å². The Morgan fingerprint density at radius 2 is 1.88 bits per heavy atom. The molecule has 0 atom stereocenters. The molecule has 6 heteroatoms. The van der Waals surface area contributed by atoms with Gasteiger partial charge in [0.15, 0.2) is 5.75 Å². The second-order valence-corrected chi connectivity index (χ2v) is 5.71. The summed E-state index contributed by atoms with van der Waals surface area (Å²) in [6, 6.07) is 14.3. The van der Waals surface area contributed by atoms with Crippen molar-refractivity contribution in [2.24, 2.45) is 7.05 Å². The number of hydrogen-bond donors (Lipinski definition) is 1. The first-order chi connectivity index (χ1) is 12.1. The van der Waals surface area contributed by atoms with Gasteiger partial charge in [0.05, 0.1) is 16.9 Å². The molecule has 5 nitrogen and oxygen atoms in total. The fraction of sp³-hybridized carbons (Fsp3) is 0.0526. The van der Waals surface area contributed by atoms with Gasteiger partial charge in [-0.1, -0.05) is 35.9 Å². The molecule has 126 valence electrons. The smallest absolute Gasteiger partial charge is 0.248 e. The zero-order valence-corrected chi connectivity index (χ0v) is 14.3. The lowest BCUT2D eigenvalue weighted by atomic mass is 10.2. The normalized spacial score (nSPS) is 10.8. The minimum absolute atomic E-state index is 0.265. The molecule has 0 bridgehead atoms. The Morgan fingerprint density at radius 3 is 2.60 bits per heavy atom. The molecular formula is C19H16ClN3O2. The molecule has 0 saturated heterocycles. The number of amides is 1. The Kier molecular flexibility index (Phi) is 5.16. The van der Waals surface area contributed by atoms with Gasteiger partial charge in [-0.2, -0.15) is 5.10 Å². The number of aryl methyl sites for hydroxylation is 1. The SMILES string of the molecule is Cn1cc(/C=C/C(=O)Nc2ccccc2Oc2ccccc2Cl)cn1. The van der Waals surface area contributed by atoms with Crippen LogP contribution in [0.3, 0.4) is 0 Å². The van der Waals surface area contributed by atoms with Crippen LogP contribution in [0, 0.1) is 0 Å². The molecule has 3 rings (SSSR count). The van der Waals surface area contributed by atoms with Gasteiger partial charge in [-0.3, -0.25) is 9.48 Å². The lowest BCUT2D eigenvalue weighted by Crippen LogP contribution is -2.08. The van der Waals surface area contributed by atoms with Crippen molar-refractivity contribution >= 4 is 29.3 Å². The Bertz CT molecular complexity index is 918. The molecule has 0 aliphatic heterocycles. The molecule has 25 heavy (non-hydrogen) atoms. The van der Waals surface area contributed by atoms with Gasteiger partial charge in [0.1, 0.15) is 5.75 Å². The molecule has 0 saturated carbocycles. The van der Waals surface area contributed by atoms with Gasteiger partial charge >= 0.3 is 0 Å². The molecule has 0 aliphatic rings. The quantitative estimate of drug-likeness (QED) is 0.686. The van der Waals surface area contributed by atoms with Crippen LogP contribution in [-0.2, 0) is 11.8 Å². The van der Waals surface area contributed by atoms with E-state index in [0.717, 1.165) is 5.56 Å². The molecule has 1 heterocycles. The van der Waals surface area contributed by atoms with Crippen molar-refractivity contribution in [3.8, 4) is 11.5 Å². The standard InChI is InChI=1S/C19H16ClN3O2/c1-23-13-14(12-21-23)10-11-19(24)22-16-7-3-5-9-18(16)25-17-8-4-2-6-15(17)20/h2-13H,1H3,(H,22,24)/b11-10+. The predicted octanol–water partition coefficient (Wildman–Crippen LogP) is 4.52. The van der Waals surface area contributed by atoms with E-state index in [9.17, 15) is 4.79 Å². The number of benzene rings is 2.